The Hall–Kier alpha value is -1.39. The van der Waals surface area contributed by atoms with E-state index in [0.717, 1.165) is 5.56 Å². The van der Waals surface area contributed by atoms with E-state index in [4.69, 9.17) is 0 Å². The first kappa shape index (κ1) is 13.7. The molecular weight excluding hydrogens is 218 g/mol. The van der Waals surface area contributed by atoms with Crippen LogP contribution in [0.3, 0.4) is 0 Å². The van der Waals surface area contributed by atoms with E-state index < -0.39 is 12.1 Å². The molecule has 0 aliphatic heterocycles. The molecule has 1 aromatic rings. The summed E-state index contributed by atoms with van der Waals surface area (Å²) in [7, 11) is 1.31. The third-order valence-corrected chi connectivity index (χ3v) is 2.59. The highest BCUT2D eigenvalue weighted by atomic mass is 16.5. The van der Waals surface area contributed by atoms with Gasteiger partial charge in [-0.15, -0.1) is 0 Å². The predicted octanol–water partition coefficient (Wildman–Crippen LogP) is 1.26. The zero-order valence-corrected chi connectivity index (χ0v) is 10.2. The van der Waals surface area contributed by atoms with Gasteiger partial charge in [-0.1, -0.05) is 30.3 Å². The van der Waals surface area contributed by atoms with Crippen molar-refractivity contribution in [2.75, 3.05) is 13.7 Å². The van der Waals surface area contributed by atoms with Crippen molar-refractivity contribution in [2.45, 2.75) is 25.5 Å². The van der Waals surface area contributed by atoms with Crippen molar-refractivity contribution in [3.63, 3.8) is 0 Å². The first-order valence-electron chi connectivity index (χ1n) is 5.66. The van der Waals surface area contributed by atoms with E-state index in [9.17, 15) is 9.90 Å². The molecule has 1 rings (SSSR count). The number of carbonyl (C=O) groups excluding carboxylic acids is 1. The highest BCUT2D eigenvalue weighted by molar-refractivity contribution is 5.69. The maximum atomic E-state index is 10.9. The third kappa shape index (κ3) is 4.97. The Morgan fingerprint density at radius 3 is 2.65 bits per heavy atom. The van der Waals surface area contributed by atoms with Gasteiger partial charge in [0.2, 0.25) is 0 Å². The van der Waals surface area contributed by atoms with Crippen molar-refractivity contribution in [3.8, 4) is 0 Å². The van der Waals surface area contributed by atoms with E-state index in [2.05, 4.69) is 10.1 Å². The van der Waals surface area contributed by atoms with Crippen LogP contribution in [0.15, 0.2) is 30.3 Å². The monoisotopic (exact) mass is 237 g/mol. The summed E-state index contributed by atoms with van der Waals surface area (Å²) in [5.41, 5.74) is 1.15. The number of ether oxygens (including phenoxy) is 1. The second-order valence-corrected chi connectivity index (χ2v) is 3.97. The fourth-order valence-electron chi connectivity index (χ4n) is 1.52. The lowest BCUT2D eigenvalue weighted by molar-refractivity contribution is -0.142. The molecular formula is C13H19NO3. The molecule has 2 N–H and O–H groups in total. The van der Waals surface area contributed by atoms with Crippen LogP contribution < -0.4 is 5.32 Å². The average Bonchev–Trinajstić information content (AvgIpc) is 2.36. The summed E-state index contributed by atoms with van der Waals surface area (Å²) >= 11 is 0. The van der Waals surface area contributed by atoms with Gasteiger partial charge < -0.3 is 15.2 Å². The van der Waals surface area contributed by atoms with Crippen LogP contribution >= 0.6 is 0 Å². The van der Waals surface area contributed by atoms with Gasteiger partial charge in [-0.05, 0) is 12.5 Å². The molecule has 0 amide bonds. The lowest BCUT2D eigenvalue weighted by Crippen LogP contribution is -2.30. The molecule has 0 aromatic heterocycles. The van der Waals surface area contributed by atoms with Crippen LogP contribution in [0.25, 0.3) is 0 Å². The van der Waals surface area contributed by atoms with E-state index in [1.807, 2.05) is 37.3 Å². The molecule has 0 saturated carbocycles. The van der Waals surface area contributed by atoms with Gasteiger partial charge in [-0.25, -0.2) is 0 Å². The summed E-state index contributed by atoms with van der Waals surface area (Å²) in [4.78, 5) is 10.9. The van der Waals surface area contributed by atoms with Crippen LogP contribution in [0.1, 0.15) is 24.9 Å². The Kier molecular flexibility index (Phi) is 5.66. The summed E-state index contributed by atoms with van der Waals surface area (Å²) in [6.45, 7) is 2.38. The summed E-state index contributed by atoms with van der Waals surface area (Å²) in [6, 6.07) is 10.1. The second kappa shape index (κ2) is 7.04. The Bertz CT molecular complexity index is 340. The topological polar surface area (TPSA) is 58.6 Å². The number of aliphatic hydroxyl groups excluding tert-OH is 1. The quantitative estimate of drug-likeness (QED) is 0.731. The van der Waals surface area contributed by atoms with E-state index in [-0.39, 0.29) is 12.5 Å². The van der Waals surface area contributed by atoms with Crippen LogP contribution in [0.5, 0.6) is 0 Å². The van der Waals surface area contributed by atoms with E-state index in [1.54, 1.807) is 0 Å². The molecule has 0 aliphatic rings. The average molecular weight is 237 g/mol. The van der Waals surface area contributed by atoms with Gasteiger partial charge in [0.15, 0.2) is 0 Å². The molecule has 0 aliphatic carbocycles. The minimum absolute atomic E-state index is 0.0189. The fourth-order valence-corrected chi connectivity index (χ4v) is 1.52. The molecule has 1 aromatic carbocycles. The number of carbonyl (C=O) groups is 1. The SMILES string of the molecule is COC(=O)CC(O)CNC(C)c1ccccc1. The molecule has 0 heterocycles. The molecule has 0 fully saturated rings. The number of hydrogen-bond acceptors (Lipinski definition) is 4. The van der Waals surface area contributed by atoms with Crippen LogP contribution in [0, 0.1) is 0 Å². The molecule has 0 bridgehead atoms. The molecule has 2 atom stereocenters. The zero-order chi connectivity index (χ0) is 12.7. The van der Waals surface area contributed by atoms with Gasteiger partial charge in [-0.2, -0.15) is 0 Å². The standard InChI is InChI=1S/C13H19NO3/c1-10(11-6-4-3-5-7-11)14-9-12(15)8-13(16)17-2/h3-7,10,12,14-15H,8-9H2,1-2H3. The molecule has 4 heteroatoms. The van der Waals surface area contributed by atoms with Crippen LogP contribution in [0.4, 0.5) is 0 Å². The van der Waals surface area contributed by atoms with Gasteiger partial charge in [0.1, 0.15) is 0 Å². The lowest BCUT2D eigenvalue weighted by Gasteiger charge is -2.16. The van der Waals surface area contributed by atoms with Crippen molar-refractivity contribution < 1.29 is 14.6 Å². The molecule has 0 saturated heterocycles. The van der Waals surface area contributed by atoms with E-state index in [0.29, 0.717) is 6.54 Å². The summed E-state index contributed by atoms with van der Waals surface area (Å²) < 4.78 is 4.49. The summed E-state index contributed by atoms with van der Waals surface area (Å²) in [6.07, 6.45) is -0.695. The maximum absolute atomic E-state index is 10.9. The van der Waals surface area contributed by atoms with Gasteiger partial charge >= 0.3 is 5.97 Å². The van der Waals surface area contributed by atoms with Crippen LogP contribution in [0.2, 0.25) is 0 Å². The highest BCUT2D eigenvalue weighted by Crippen LogP contribution is 2.10. The zero-order valence-electron chi connectivity index (χ0n) is 10.2. The maximum Gasteiger partial charge on any atom is 0.308 e. The fraction of sp³-hybridized carbons (Fsp3) is 0.462. The number of esters is 1. The first-order chi connectivity index (χ1) is 8.13. The number of benzene rings is 1. The Morgan fingerprint density at radius 2 is 2.06 bits per heavy atom. The predicted molar refractivity (Wildman–Crippen MR) is 65.5 cm³/mol. The first-order valence-corrected chi connectivity index (χ1v) is 5.66. The van der Waals surface area contributed by atoms with E-state index in [1.165, 1.54) is 7.11 Å². The largest absolute Gasteiger partial charge is 0.469 e. The third-order valence-electron chi connectivity index (χ3n) is 2.59. The smallest absolute Gasteiger partial charge is 0.308 e. The number of nitrogens with one attached hydrogen (secondary N) is 1. The minimum Gasteiger partial charge on any atom is -0.469 e. The van der Waals surface area contributed by atoms with Crippen molar-refractivity contribution in [1.29, 1.82) is 0 Å². The van der Waals surface area contributed by atoms with Crippen molar-refractivity contribution >= 4 is 5.97 Å². The Morgan fingerprint density at radius 1 is 1.41 bits per heavy atom. The molecule has 2 unspecified atom stereocenters. The molecule has 0 radical (unpaired) electrons. The van der Waals surface area contributed by atoms with Crippen LogP contribution in [-0.4, -0.2) is 30.8 Å². The normalized spacial score (nSPS) is 14.1. The van der Waals surface area contributed by atoms with Gasteiger partial charge in [0.25, 0.3) is 0 Å². The minimum atomic E-state index is -0.714. The number of aliphatic hydroxyl groups is 1. The Labute approximate surface area is 102 Å². The number of methoxy groups -OCH3 is 1. The second-order valence-electron chi connectivity index (χ2n) is 3.97. The summed E-state index contributed by atoms with van der Waals surface area (Å²) in [5, 5.41) is 12.8. The van der Waals surface area contributed by atoms with Gasteiger partial charge in [-0.3, -0.25) is 4.79 Å². The van der Waals surface area contributed by atoms with E-state index >= 15 is 0 Å². The van der Waals surface area contributed by atoms with Crippen molar-refractivity contribution in [2.24, 2.45) is 0 Å². The van der Waals surface area contributed by atoms with Crippen molar-refractivity contribution in [3.05, 3.63) is 35.9 Å². The molecule has 94 valence electrons. The molecule has 4 nitrogen and oxygen atoms in total. The van der Waals surface area contributed by atoms with Crippen molar-refractivity contribution in [1.82, 2.24) is 5.32 Å². The van der Waals surface area contributed by atoms with Gasteiger partial charge in [0, 0.05) is 12.6 Å². The van der Waals surface area contributed by atoms with Gasteiger partial charge in [0.05, 0.1) is 19.6 Å². The Balaban J connectivity index is 2.33. The molecule has 17 heavy (non-hydrogen) atoms. The number of rotatable bonds is 6. The highest BCUT2D eigenvalue weighted by Gasteiger charge is 2.12. The lowest BCUT2D eigenvalue weighted by atomic mass is 10.1. The van der Waals surface area contributed by atoms with Crippen LogP contribution in [-0.2, 0) is 9.53 Å². The summed E-state index contributed by atoms with van der Waals surface area (Å²) in [5.74, 6) is -0.397. The molecule has 0 spiro atoms. The number of hydrogen-bond donors (Lipinski definition) is 2.